The van der Waals surface area contributed by atoms with Crippen LogP contribution in [0.5, 0.6) is 0 Å². The summed E-state index contributed by atoms with van der Waals surface area (Å²) in [6.07, 6.45) is 0. The van der Waals surface area contributed by atoms with Crippen LogP contribution < -0.4 is 11.1 Å². The highest BCUT2D eigenvalue weighted by Crippen LogP contribution is 2.28. The number of anilines is 1. The molecule has 7 heteroatoms. The van der Waals surface area contributed by atoms with E-state index in [2.05, 4.69) is 10.3 Å². The van der Waals surface area contributed by atoms with E-state index in [-0.39, 0.29) is 25.0 Å². The fraction of sp³-hybridized carbons (Fsp3) is 0.211. The van der Waals surface area contributed by atoms with Crippen molar-refractivity contribution in [2.75, 3.05) is 5.73 Å². The van der Waals surface area contributed by atoms with E-state index in [0.717, 1.165) is 5.56 Å². The highest BCUT2D eigenvalue weighted by atomic mass is 16.3. The molecule has 0 spiro atoms. The van der Waals surface area contributed by atoms with Gasteiger partial charge in [-0.1, -0.05) is 18.2 Å². The molecule has 3 aromatic rings. The third kappa shape index (κ3) is 3.04. The van der Waals surface area contributed by atoms with E-state index in [1.165, 1.54) is 6.92 Å². The molecule has 0 unspecified atom stereocenters. The van der Waals surface area contributed by atoms with Crippen LogP contribution in [-0.4, -0.2) is 26.3 Å². The van der Waals surface area contributed by atoms with Gasteiger partial charge in [0, 0.05) is 5.56 Å². The minimum absolute atomic E-state index is 0.0819. The van der Waals surface area contributed by atoms with Crippen molar-refractivity contribution in [3.63, 3.8) is 0 Å². The second-order valence-corrected chi connectivity index (χ2v) is 6.05. The Labute approximate surface area is 150 Å². The summed E-state index contributed by atoms with van der Waals surface area (Å²) < 4.78 is 1.57. The second-order valence-electron chi connectivity index (χ2n) is 6.05. The van der Waals surface area contributed by atoms with Crippen molar-refractivity contribution in [3.8, 4) is 0 Å². The van der Waals surface area contributed by atoms with Crippen LogP contribution in [0.1, 0.15) is 38.9 Å². The molecule has 2 aromatic heterocycles. The zero-order valence-corrected chi connectivity index (χ0v) is 14.6. The first kappa shape index (κ1) is 17.6. The number of aliphatic hydroxyl groups excluding tert-OH is 1. The average Bonchev–Trinajstić information content (AvgIpc) is 2.93. The highest BCUT2D eigenvalue weighted by molar-refractivity contribution is 6.07. The lowest BCUT2D eigenvalue weighted by atomic mass is 10.1. The molecule has 7 nitrogen and oxygen atoms in total. The number of nitrogens with zero attached hydrogens (tertiary/aromatic N) is 2. The maximum absolute atomic E-state index is 12.3. The Bertz CT molecular complexity index is 993. The number of rotatable bonds is 5. The summed E-state index contributed by atoms with van der Waals surface area (Å²) >= 11 is 0. The van der Waals surface area contributed by atoms with Gasteiger partial charge in [-0.25, -0.2) is 4.98 Å². The molecule has 0 saturated carbocycles. The fourth-order valence-corrected chi connectivity index (χ4v) is 2.99. The molecule has 134 valence electrons. The molecule has 3 rings (SSSR count). The number of pyridine rings is 1. The van der Waals surface area contributed by atoms with E-state index in [1.807, 2.05) is 6.07 Å². The molecule has 0 radical (unpaired) electrons. The van der Waals surface area contributed by atoms with Crippen LogP contribution in [0.25, 0.3) is 11.0 Å². The fourth-order valence-electron chi connectivity index (χ4n) is 2.99. The van der Waals surface area contributed by atoms with E-state index in [1.54, 1.807) is 41.8 Å². The number of carbonyl (C=O) groups is 2. The maximum atomic E-state index is 12.3. The van der Waals surface area contributed by atoms with Crippen molar-refractivity contribution in [2.45, 2.75) is 27.1 Å². The highest BCUT2D eigenvalue weighted by Gasteiger charge is 2.22. The zero-order chi connectivity index (χ0) is 18.8. The molecular weight excluding hydrogens is 332 g/mol. The summed E-state index contributed by atoms with van der Waals surface area (Å²) in [5.41, 5.74) is 9.04. The smallest absolute Gasteiger partial charge is 0.251 e. The van der Waals surface area contributed by atoms with E-state index in [0.29, 0.717) is 33.7 Å². The lowest BCUT2D eigenvalue weighted by Gasteiger charge is -2.10. The molecule has 0 atom stereocenters. The summed E-state index contributed by atoms with van der Waals surface area (Å²) in [6, 6.07) is 10.6. The number of ketones is 1. The molecule has 0 aliphatic carbocycles. The summed E-state index contributed by atoms with van der Waals surface area (Å²) in [5.74, 6) is -0.143. The maximum Gasteiger partial charge on any atom is 0.251 e. The normalized spacial score (nSPS) is 10.9. The summed E-state index contributed by atoms with van der Waals surface area (Å²) in [7, 11) is 0. The molecule has 4 N–H and O–H groups in total. The molecule has 0 aliphatic rings. The average molecular weight is 352 g/mol. The summed E-state index contributed by atoms with van der Waals surface area (Å²) in [5, 5.41) is 12.6. The first-order chi connectivity index (χ1) is 12.4. The Morgan fingerprint density at radius 3 is 2.58 bits per heavy atom. The van der Waals surface area contributed by atoms with Crippen LogP contribution in [0.4, 0.5) is 5.82 Å². The minimum atomic E-state index is -0.342. The number of aliphatic hydroxyl groups is 1. The number of benzene rings is 1. The van der Waals surface area contributed by atoms with Gasteiger partial charge >= 0.3 is 0 Å². The Kier molecular flexibility index (Phi) is 4.73. The van der Waals surface area contributed by atoms with Gasteiger partial charge in [-0.2, -0.15) is 0 Å². The topological polar surface area (TPSA) is 110 Å². The van der Waals surface area contributed by atoms with E-state index in [9.17, 15) is 14.7 Å². The molecule has 26 heavy (non-hydrogen) atoms. The minimum Gasteiger partial charge on any atom is -0.383 e. The van der Waals surface area contributed by atoms with Gasteiger partial charge < -0.3 is 20.7 Å². The van der Waals surface area contributed by atoms with Crippen LogP contribution in [0.15, 0.2) is 36.4 Å². The third-order valence-electron chi connectivity index (χ3n) is 4.32. The largest absolute Gasteiger partial charge is 0.383 e. The number of carbonyl (C=O) groups excluding carboxylic acids is 2. The SMILES string of the molecule is CC(=O)c1c(CNC(=O)c2ccccc2)n(CO)c2cc(C)c(N)nc12. The van der Waals surface area contributed by atoms with Crippen LogP contribution in [0.3, 0.4) is 0 Å². The number of hydrogen-bond donors (Lipinski definition) is 3. The Morgan fingerprint density at radius 1 is 1.27 bits per heavy atom. The molecule has 0 fully saturated rings. The number of amides is 1. The van der Waals surface area contributed by atoms with E-state index >= 15 is 0 Å². The van der Waals surface area contributed by atoms with Crippen LogP contribution in [0.2, 0.25) is 0 Å². The number of Topliss-reactive ketones (excluding diaryl/α,β-unsaturated/α-hetero) is 1. The standard InChI is InChI=1S/C19H20N4O3/c1-11-8-14-17(22-18(11)20)16(12(2)25)15(23(14)10-24)9-21-19(26)13-6-4-3-5-7-13/h3-8,24H,9-10H2,1-2H3,(H2,20,22)(H,21,26). The van der Waals surface area contributed by atoms with Gasteiger partial charge in [-0.3, -0.25) is 9.59 Å². The van der Waals surface area contributed by atoms with Gasteiger partial charge in [0.25, 0.3) is 5.91 Å². The van der Waals surface area contributed by atoms with E-state index in [4.69, 9.17) is 5.73 Å². The zero-order valence-electron chi connectivity index (χ0n) is 14.6. The summed E-state index contributed by atoms with van der Waals surface area (Å²) in [6.45, 7) is 2.97. The molecule has 0 bridgehead atoms. The monoisotopic (exact) mass is 352 g/mol. The first-order valence-corrected chi connectivity index (χ1v) is 8.17. The number of fused-ring (bicyclic) bond motifs is 1. The Hall–Kier alpha value is -3.19. The molecule has 1 aromatic carbocycles. The van der Waals surface area contributed by atoms with Crippen LogP contribution >= 0.6 is 0 Å². The lowest BCUT2D eigenvalue weighted by molar-refractivity contribution is 0.0944. The van der Waals surface area contributed by atoms with Gasteiger partial charge in [-0.05, 0) is 37.6 Å². The number of nitrogen functional groups attached to an aromatic ring is 1. The van der Waals surface area contributed by atoms with Crippen molar-refractivity contribution >= 4 is 28.5 Å². The molecule has 0 saturated heterocycles. The van der Waals surface area contributed by atoms with Crippen molar-refractivity contribution in [1.82, 2.24) is 14.9 Å². The van der Waals surface area contributed by atoms with Gasteiger partial charge in [0.05, 0.1) is 23.3 Å². The predicted octanol–water partition coefficient (Wildman–Crippen LogP) is 2.01. The molecular formula is C19H20N4O3. The number of aromatic nitrogens is 2. The van der Waals surface area contributed by atoms with Crippen molar-refractivity contribution in [3.05, 3.63) is 58.8 Å². The second kappa shape index (κ2) is 6.97. The summed E-state index contributed by atoms with van der Waals surface area (Å²) in [4.78, 5) is 28.9. The van der Waals surface area contributed by atoms with E-state index < -0.39 is 0 Å². The van der Waals surface area contributed by atoms with Crippen molar-refractivity contribution < 1.29 is 14.7 Å². The molecule has 2 heterocycles. The lowest BCUT2D eigenvalue weighted by Crippen LogP contribution is -2.25. The van der Waals surface area contributed by atoms with Gasteiger partial charge in [-0.15, -0.1) is 0 Å². The van der Waals surface area contributed by atoms with Gasteiger partial charge in [0.1, 0.15) is 18.1 Å². The van der Waals surface area contributed by atoms with Gasteiger partial charge in [0.2, 0.25) is 0 Å². The Balaban J connectivity index is 2.05. The molecule has 1 amide bonds. The predicted molar refractivity (Wildman–Crippen MR) is 98.7 cm³/mol. The molecule has 0 aliphatic heterocycles. The number of hydrogen-bond acceptors (Lipinski definition) is 5. The first-order valence-electron chi connectivity index (χ1n) is 8.17. The van der Waals surface area contributed by atoms with Crippen LogP contribution in [0, 0.1) is 6.92 Å². The third-order valence-corrected chi connectivity index (χ3v) is 4.32. The van der Waals surface area contributed by atoms with Gasteiger partial charge in [0.15, 0.2) is 5.78 Å². The number of nitrogens with two attached hydrogens (primary N) is 1. The van der Waals surface area contributed by atoms with Crippen molar-refractivity contribution in [1.29, 1.82) is 0 Å². The van der Waals surface area contributed by atoms with Crippen molar-refractivity contribution in [2.24, 2.45) is 0 Å². The number of nitrogens with one attached hydrogen (secondary N) is 1. The van der Waals surface area contributed by atoms with Crippen LogP contribution in [-0.2, 0) is 13.3 Å². The quantitative estimate of drug-likeness (QED) is 0.608. The Morgan fingerprint density at radius 2 is 1.96 bits per heavy atom. The number of aryl methyl sites for hydroxylation is 1.